The van der Waals surface area contributed by atoms with Gasteiger partial charge in [-0.3, -0.25) is 9.59 Å². The predicted molar refractivity (Wildman–Crippen MR) is 78.2 cm³/mol. The van der Waals surface area contributed by atoms with Gasteiger partial charge in [-0.25, -0.2) is 0 Å². The van der Waals surface area contributed by atoms with Crippen LogP contribution in [0.3, 0.4) is 0 Å². The Bertz CT molecular complexity index is 515. The van der Waals surface area contributed by atoms with E-state index in [1.807, 2.05) is 31.2 Å². The maximum absolute atomic E-state index is 12.1. The molecule has 1 aromatic carbocycles. The first-order valence-electron chi connectivity index (χ1n) is 7.24. The number of nitrogens with zero attached hydrogens (tertiary/aromatic N) is 1. The summed E-state index contributed by atoms with van der Waals surface area (Å²) >= 11 is 0. The molecule has 2 rings (SSSR count). The Balaban J connectivity index is 1.77. The lowest BCUT2D eigenvalue weighted by Crippen LogP contribution is -2.33. The second-order valence-corrected chi connectivity index (χ2v) is 5.48. The maximum atomic E-state index is 12.1. The summed E-state index contributed by atoms with van der Waals surface area (Å²) < 4.78 is 5.56. The molecule has 1 heterocycles. The van der Waals surface area contributed by atoms with Crippen molar-refractivity contribution in [1.29, 1.82) is 0 Å². The van der Waals surface area contributed by atoms with Crippen molar-refractivity contribution in [1.82, 2.24) is 4.90 Å². The Hall–Kier alpha value is -2.04. The molecule has 1 aliphatic heterocycles. The number of para-hydroxylation sites is 1. The molecule has 5 heteroatoms. The summed E-state index contributed by atoms with van der Waals surface area (Å²) in [5, 5.41) is 8.68. The molecule has 0 aliphatic carbocycles. The van der Waals surface area contributed by atoms with Crippen LogP contribution in [0.1, 0.15) is 24.8 Å². The van der Waals surface area contributed by atoms with Crippen LogP contribution < -0.4 is 4.74 Å². The normalized spacial score (nSPS) is 17.8. The number of amides is 1. The van der Waals surface area contributed by atoms with Crippen LogP contribution in [0.25, 0.3) is 0 Å². The lowest BCUT2D eigenvalue weighted by Gasteiger charge is -2.17. The van der Waals surface area contributed by atoms with Crippen LogP contribution in [0.4, 0.5) is 0 Å². The minimum Gasteiger partial charge on any atom is -0.484 e. The van der Waals surface area contributed by atoms with Crippen molar-refractivity contribution in [2.45, 2.75) is 26.2 Å². The summed E-state index contributed by atoms with van der Waals surface area (Å²) in [6.07, 6.45) is 1.69. The molecule has 1 aromatic rings. The first-order valence-corrected chi connectivity index (χ1v) is 7.24. The number of benzene rings is 1. The van der Waals surface area contributed by atoms with Crippen LogP contribution in [0.2, 0.25) is 0 Å². The molecule has 1 saturated heterocycles. The second-order valence-electron chi connectivity index (χ2n) is 5.48. The highest BCUT2D eigenvalue weighted by atomic mass is 16.5. The summed E-state index contributed by atoms with van der Waals surface area (Å²) in [6, 6.07) is 7.60. The summed E-state index contributed by atoms with van der Waals surface area (Å²) in [6.45, 7) is 3.32. The molecule has 0 saturated carbocycles. The van der Waals surface area contributed by atoms with Gasteiger partial charge in [-0.1, -0.05) is 18.2 Å². The van der Waals surface area contributed by atoms with Crippen LogP contribution in [-0.4, -0.2) is 41.6 Å². The number of carbonyl (C=O) groups is 2. The van der Waals surface area contributed by atoms with Gasteiger partial charge in [0, 0.05) is 19.5 Å². The summed E-state index contributed by atoms with van der Waals surface area (Å²) in [4.78, 5) is 24.4. The van der Waals surface area contributed by atoms with Gasteiger partial charge in [0.25, 0.3) is 5.91 Å². The van der Waals surface area contributed by atoms with Crippen LogP contribution in [0.15, 0.2) is 24.3 Å². The van der Waals surface area contributed by atoms with Gasteiger partial charge in [0.05, 0.1) is 0 Å². The molecule has 0 spiro atoms. The molecule has 0 radical (unpaired) electrons. The minimum atomic E-state index is -0.775. The van der Waals surface area contributed by atoms with Gasteiger partial charge in [-0.2, -0.15) is 0 Å². The Morgan fingerprint density at radius 3 is 2.86 bits per heavy atom. The molecule has 0 aromatic heterocycles. The fraction of sp³-hybridized carbons (Fsp3) is 0.500. The van der Waals surface area contributed by atoms with E-state index in [0.717, 1.165) is 17.7 Å². The van der Waals surface area contributed by atoms with Crippen LogP contribution >= 0.6 is 0 Å². The van der Waals surface area contributed by atoms with Gasteiger partial charge in [-0.15, -0.1) is 0 Å². The van der Waals surface area contributed by atoms with E-state index >= 15 is 0 Å². The summed E-state index contributed by atoms with van der Waals surface area (Å²) in [5.74, 6) is 0.217. The van der Waals surface area contributed by atoms with E-state index in [2.05, 4.69) is 0 Å². The topological polar surface area (TPSA) is 66.8 Å². The molecule has 1 N–H and O–H groups in total. The van der Waals surface area contributed by atoms with Crippen molar-refractivity contribution in [3.05, 3.63) is 29.8 Å². The number of ether oxygens (including phenoxy) is 1. The number of carboxylic acids is 1. The average Bonchev–Trinajstić information content (AvgIpc) is 2.93. The Labute approximate surface area is 124 Å². The monoisotopic (exact) mass is 291 g/mol. The smallest absolute Gasteiger partial charge is 0.303 e. The van der Waals surface area contributed by atoms with Gasteiger partial charge >= 0.3 is 5.97 Å². The molecule has 1 amide bonds. The number of aliphatic carboxylic acids is 1. The third-order valence-corrected chi connectivity index (χ3v) is 3.85. The van der Waals surface area contributed by atoms with Crippen molar-refractivity contribution in [3.63, 3.8) is 0 Å². The third-order valence-electron chi connectivity index (χ3n) is 3.85. The van der Waals surface area contributed by atoms with E-state index in [4.69, 9.17) is 9.84 Å². The lowest BCUT2D eigenvalue weighted by molar-refractivity contribution is -0.137. The molecular weight excluding hydrogens is 270 g/mol. The van der Waals surface area contributed by atoms with Crippen molar-refractivity contribution < 1.29 is 19.4 Å². The largest absolute Gasteiger partial charge is 0.484 e. The van der Waals surface area contributed by atoms with E-state index in [1.54, 1.807) is 4.90 Å². The lowest BCUT2D eigenvalue weighted by atomic mass is 10.0. The second kappa shape index (κ2) is 7.11. The van der Waals surface area contributed by atoms with Gasteiger partial charge in [-0.05, 0) is 37.3 Å². The van der Waals surface area contributed by atoms with Gasteiger partial charge in [0.15, 0.2) is 6.61 Å². The van der Waals surface area contributed by atoms with E-state index in [0.29, 0.717) is 25.4 Å². The van der Waals surface area contributed by atoms with Crippen molar-refractivity contribution in [3.8, 4) is 5.75 Å². The van der Waals surface area contributed by atoms with Gasteiger partial charge < -0.3 is 14.7 Å². The molecule has 1 unspecified atom stereocenters. The van der Waals surface area contributed by atoms with Gasteiger partial charge in [0.2, 0.25) is 0 Å². The van der Waals surface area contributed by atoms with Crippen LogP contribution in [0.5, 0.6) is 5.75 Å². The quantitative estimate of drug-likeness (QED) is 0.871. The van der Waals surface area contributed by atoms with E-state index in [1.165, 1.54) is 0 Å². The van der Waals surface area contributed by atoms with Gasteiger partial charge in [0.1, 0.15) is 5.75 Å². The number of carboxylic acid groups (broad SMARTS) is 1. The van der Waals surface area contributed by atoms with Crippen LogP contribution in [-0.2, 0) is 9.59 Å². The first-order chi connectivity index (χ1) is 10.1. The zero-order chi connectivity index (χ0) is 15.2. The highest BCUT2D eigenvalue weighted by Crippen LogP contribution is 2.22. The molecule has 1 fully saturated rings. The molecule has 5 nitrogen and oxygen atoms in total. The van der Waals surface area contributed by atoms with Crippen LogP contribution in [0, 0.1) is 12.8 Å². The number of aryl methyl sites for hydroxylation is 1. The number of likely N-dealkylation sites (tertiary alicyclic amines) is 1. The number of hydrogen-bond donors (Lipinski definition) is 1. The molecule has 0 bridgehead atoms. The van der Waals surface area contributed by atoms with Crippen molar-refractivity contribution in [2.24, 2.45) is 5.92 Å². The summed E-state index contributed by atoms with van der Waals surface area (Å²) in [5.41, 5.74) is 1.01. The molecule has 1 atom stereocenters. The number of carbonyl (C=O) groups excluding carboxylic acids is 1. The van der Waals surface area contributed by atoms with E-state index in [-0.39, 0.29) is 18.9 Å². The first kappa shape index (κ1) is 15.4. The van der Waals surface area contributed by atoms with E-state index in [9.17, 15) is 9.59 Å². The molecule has 1 aliphatic rings. The highest BCUT2D eigenvalue weighted by molar-refractivity contribution is 5.78. The highest BCUT2D eigenvalue weighted by Gasteiger charge is 2.26. The zero-order valence-electron chi connectivity index (χ0n) is 12.2. The van der Waals surface area contributed by atoms with Crippen molar-refractivity contribution in [2.75, 3.05) is 19.7 Å². The standard InChI is InChI=1S/C16H21NO4/c1-12-4-2-3-5-14(12)21-11-15(18)17-9-8-13(10-17)6-7-16(19)20/h2-5,13H,6-11H2,1H3,(H,19,20). The molecular formula is C16H21NO4. The predicted octanol–water partition coefficient (Wildman–Crippen LogP) is 2.09. The SMILES string of the molecule is Cc1ccccc1OCC(=O)N1CCC(CCC(=O)O)C1. The number of rotatable bonds is 6. The third kappa shape index (κ3) is 4.48. The number of hydrogen-bond acceptors (Lipinski definition) is 3. The van der Waals surface area contributed by atoms with E-state index < -0.39 is 5.97 Å². The Morgan fingerprint density at radius 2 is 2.14 bits per heavy atom. The maximum Gasteiger partial charge on any atom is 0.303 e. The fourth-order valence-corrected chi connectivity index (χ4v) is 2.57. The summed E-state index contributed by atoms with van der Waals surface area (Å²) in [7, 11) is 0. The fourth-order valence-electron chi connectivity index (χ4n) is 2.57. The van der Waals surface area contributed by atoms with Crippen molar-refractivity contribution >= 4 is 11.9 Å². The zero-order valence-corrected chi connectivity index (χ0v) is 12.2. The average molecular weight is 291 g/mol. The Morgan fingerprint density at radius 1 is 1.38 bits per heavy atom. The molecule has 114 valence electrons. The molecule has 21 heavy (non-hydrogen) atoms. The Kier molecular flexibility index (Phi) is 5.20. The minimum absolute atomic E-state index is 0.0314.